The van der Waals surface area contributed by atoms with Crippen molar-refractivity contribution in [2.45, 2.75) is 64.8 Å². The predicted octanol–water partition coefficient (Wildman–Crippen LogP) is 6.16. The fraction of sp³-hybridized carbons (Fsp3) is 0.520. The van der Waals surface area contributed by atoms with Crippen molar-refractivity contribution in [2.75, 3.05) is 20.3 Å². The summed E-state index contributed by atoms with van der Waals surface area (Å²) in [6, 6.07) is 16.9. The molecule has 28 heavy (non-hydrogen) atoms. The second-order valence-corrected chi connectivity index (χ2v) is 7.37. The van der Waals surface area contributed by atoms with Gasteiger partial charge in [-0.15, -0.1) is 0 Å². The summed E-state index contributed by atoms with van der Waals surface area (Å²) in [6.07, 6.45) is 9.89. The molecule has 154 valence electrons. The Bertz CT molecular complexity index is 642. The van der Waals surface area contributed by atoms with Gasteiger partial charge in [-0.1, -0.05) is 75.4 Å². The van der Waals surface area contributed by atoms with E-state index in [9.17, 15) is 0 Å². The Morgan fingerprint density at radius 3 is 2.36 bits per heavy atom. The lowest BCUT2D eigenvalue weighted by atomic mass is 10.1. The van der Waals surface area contributed by atoms with Gasteiger partial charge >= 0.3 is 0 Å². The van der Waals surface area contributed by atoms with Gasteiger partial charge in [0, 0.05) is 6.54 Å². The van der Waals surface area contributed by atoms with Gasteiger partial charge in [0.05, 0.1) is 13.7 Å². The normalized spacial score (nSPS) is 10.8. The number of aryl methyl sites for hydroxylation is 1. The average molecular weight is 384 g/mol. The Morgan fingerprint density at radius 1 is 0.786 bits per heavy atom. The van der Waals surface area contributed by atoms with Crippen molar-refractivity contribution in [3.63, 3.8) is 0 Å². The van der Waals surface area contributed by atoms with Gasteiger partial charge in [-0.2, -0.15) is 0 Å². The van der Waals surface area contributed by atoms with Crippen molar-refractivity contribution < 1.29 is 9.47 Å². The Labute approximate surface area is 171 Å². The number of benzene rings is 2. The molecule has 0 radical (unpaired) electrons. The van der Waals surface area contributed by atoms with Gasteiger partial charge in [0.2, 0.25) is 0 Å². The fourth-order valence-corrected chi connectivity index (χ4v) is 3.30. The average Bonchev–Trinajstić information content (AvgIpc) is 2.74. The topological polar surface area (TPSA) is 30.5 Å². The molecule has 0 fully saturated rings. The summed E-state index contributed by atoms with van der Waals surface area (Å²) >= 11 is 0. The summed E-state index contributed by atoms with van der Waals surface area (Å²) in [5.41, 5.74) is 2.63. The summed E-state index contributed by atoms with van der Waals surface area (Å²) in [5, 5.41) is 3.52. The number of rotatable bonds is 15. The summed E-state index contributed by atoms with van der Waals surface area (Å²) in [7, 11) is 1.71. The zero-order valence-corrected chi connectivity index (χ0v) is 17.7. The molecule has 1 N–H and O–H groups in total. The number of methoxy groups -OCH3 is 1. The van der Waals surface area contributed by atoms with Crippen molar-refractivity contribution in [1.82, 2.24) is 5.32 Å². The number of unbranched alkanes of at least 4 members (excludes halogenated alkanes) is 5. The van der Waals surface area contributed by atoms with Gasteiger partial charge in [-0.3, -0.25) is 0 Å². The Kier molecular flexibility index (Phi) is 11.2. The highest BCUT2D eigenvalue weighted by atomic mass is 16.5. The molecule has 2 rings (SSSR count). The van der Waals surface area contributed by atoms with Gasteiger partial charge in [-0.25, -0.2) is 0 Å². The summed E-state index contributed by atoms with van der Waals surface area (Å²) in [4.78, 5) is 0. The molecule has 0 saturated carbocycles. The van der Waals surface area contributed by atoms with Crippen LogP contribution in [-0.2, 0) is 13.0 Å². The van der Waals surface area contributed by atoms with Crippen LogP contribution in [0.15, 0.2) is 48.5 Å². The zero-order valence-electron chi connectivity index (χ0n) is 17.7. The van der Waals surface area contributed by atoms with Crippen molar-refractivity contribution in [2.24, 2.45) is 0 Å². The van der Waals surface area contributed by atoms with Crippen LogP contribution in [0, 0.1) is 0 Å². The van der Waals surface area contributed by atoms with E-state index in [-0.39, 0.29) is 0 Å². The van der Waals surface area contributed by atoms with E-state index in [1.807, 2.05) is 6.07 Å². The van der Waals surface area contributed by atoms with Crippen LogP contribution < -0.4 is 14.8 Å². The molecule has 0 unspecified atom stereocenters. The molecule has 0 aliphatic rings. The molecule has 3 heteroatoms. The number of nitrogens with one attached hydrogen (secondary N) is 1. The minimum atomic E-state index is 0.763. The molecule has 0 saturated heterocycles. The smallest absolute Gasteiger partial charge is 0.161 e. The Hall–Kier alpha value is -2.00. The third-order valence-corrected chi connectivity index (χ3v) is 4.97. The maximum Gasteiger partial charge on any atom is 0.161 e. The largest absolute Gasteiger partial charge is 0.493 e. The maximum atomic E-state index is 5.94. The molecule has 0 aromatic heterocycles. The van der Waals surface area contributed by atoms with E-state index < -0.39 is 0 Å². The van der Waals surface area contributed by atoms with Crippen LogP contribution in [0.1, 0.15) is 63.0 Å². The van der Waals surface area contributed by atoms with E-state index >= 15 is 0 Å². The molecular formula is C25H37NO2. The molecule has 2 aromatic rings. The quantitative estimate of drug-likeness (QED) is 0.374. The van der Waals surface area contributed by atoms with E-state index in [4.69, 9.17) is 9.47 Å². The number of hydrogen-bond donors (Lipinski definition) is 1. The molecule has 0 amide bonds. The van der Waals surface area contributed by atoms with Crippen molar-refractivity contribution in [3.05, 3.63) is 59.7 Å². The number of hydrogen-bond acceptors (Lipinski definition) is 3. The van der Waals surface area contributed by atoms with Crippen LogP contribution in [0.3, 0.4) is 0 Å². The Balaban J connectivity index is 1.65. The highest BCUT2D eigenvalue weighted by molar-refractivity contribution is 5.42. The van der Waals surface area contributed by atoms with Crippen LogP contribution in [0.4, 0.5) is 0 Å². The maximum absolute atomic E-state index is 5.94. The summed E-state index contributed by atoms with van der Waals surface area (Å²) in [6.45, 7) is 4.87. The molecule has 0 atom stereocenters. The van der Waals surface area contributed by atoms with Gasteiger partial charge in [0.15, 0.2) is 11.5 Å². The van der Waals surface area contributed by atoms with Gasteiger partial charge < -0.3 is 14.8 Å². The third-order valence-electron chi connectivity index (χ3n) is 4.97. The molecule has 0 aliphatic heterocycles. The van der Waals surface area contributed by atoms with E-state index in [1.165, 1.54) is 43.2 Å². The lowest BCUT2D eigenvalue weighted by Crippen LogP contribution is -2.15. The zero-order chi connectivity index (χ0) is 19.9. The Morgan fingerprint density at radius 2 is 1.57 bits per heavy atom. The minimum absolute atomic E-state index is 0.763. The van der Waals surface area contributed by atoms with Crippen molar-refractivity contribution >= 4 is 0 Å². The standard InChI is InChI=1S/C25H37NO2/c1-3-4-5-6-7-11-19-28-24-17-16-23(20-25(24)27-2)21-26-18-12-15-22-13-9-8-10-14-22/h8-10,13-14,16-17,20,26H,3-7,11-12,15,18-19,21H2,1-2H3. The second kappa shape index (κ2) is 14.1. The van der Waals surface area contributed by atoms with E-state index in [0.717, 1.165) is 50.5 Å². The van der Waals surface area contributed by atoms with Gasteiger partial charge in [0.25, 0.3) is 0 Å². The number of ether oxygens (including phenoxy) is 2. The van der Waals surface area contributed by atoms with E-state index in [2.05, 4.69) is 54.7 Å². The molecule has 0 spiro atoms. The SMILES string of the molecule is CCCCCCCCOc1ccc(CNCCCc2ccccc2)cc1OC. The van der Waals surface area contributed by atoms with Crippen LogP contribution >= 0.6 is 0 Å². The predicted molar refractivity (Wildman–Crippen MR) is 118 cm³/mol. The fourth-order valence-electron chi connectivity index (χ4n) is 3.30. The first-order valence-electron chi connectivity index (χ1n) is 10.9. The summed E-state index contributed by atoms with van der Waals surface area (Å²) < 4.78 is 11.5. The minimum Gasteiger partial charge on any atom is -0.493 e. The van der Waals surface area contributed by atoms with Gasteiger partial charge in [0.1, 0.15) is 0 Å². The lowest BCUT2D eigenvalue weighted by Gasteiger charge is -2.13. The first-order valence-corrected chi connectivity index (χ1v) is 10.9. The van der Waals surface area contributed by atoms with Crippen LogP contribution in [0.5, 0.6) is 11.5 Å². The molecule has 0 bridgehead atoms. The third kappa shape index (κ3) is 8.79. The highest BCUT2D eigenvalue weighted by Gasteiger charge is 2.06. The van der Waals surface area contributed by atoms with E-state index in [0.29, 0.717) is 0 Å². The molecule has 0 heterocycles. The van der Waals surface area contributed by atoms with Gasteiger partial charge in [-0.05, 0) is 49.1 Å². The molecule has 3 nitrogen and oxygen atoms in total. The molecule has 2 aromatic carbocycles. The first-order chi connectivity index (χ1) is 13.8. The van der Waals surface area contributed by atoms with Crippen molar-refractivity contribution in [3.8, 4) is 11.5 Å². The highest BCUT2D eigenvalue weighted by Crippen LogP contribution is 2.28. The van der Waals surface area contributed by atoms with Crippen LogP contribution in [-0.4, -0.2) is 20.3 Å². The summed E-state index contributed by atoms with van der Waals surface area (Å²) in [5.74, 6) is 1.68. The van der Waals surface area contributed by atoms with Crippen molar-refractivity contribution in [1.29, 1.82) is 0 Å². The first kappa shape index (κ1) is 22.3. The van der Waals surface area contributed by atoms with Crippen LogP contribution in [0.25, 0.3) is 0 Å². The van der Waals surface area contributed by atoms with E-state index in [1.54, 1.807) is 7.11 Å². The second-order valence-electron chi connectivity index (χ2n) is 7.37. The molecular weight excluding hydrogens is 346 g/mol. The molecule has 0 aliphatic carbocycles. The lowest BCUT2D eigenvalue weighted by molar-refractivity contribution is 0.284. The monoisotopic (exact) mass is 383 g/mol. The van der Waals surface area contributed by atoms with Crippen LogP contribution in [0.2, 0.25) is 0 Å².